The van der Waals surface area contributed by atoms with Gasteiger partial charge in [-0.3, -0.25) is 0 Å². The molecule has 1 aliphatic heterocycles. The van der Waals surface area contributed by atoms with E-state index in [4.69, 9.17) is 0 Å². The quantitative estimate of drug-likeness (QED) is 0.307. The predicted octanol–water partition coefficient (Wildman–Crippen LogP) is 0.667. The van der Waals surface area contributed by atoms with Gasteiger partial charge >= 0.3 is 0 Å². The molecule has 0 aromatic carbocycles. The Bertz CT molecular complexity index is 104. The molecular formula is C4H6BP. The van der Waals surface area contributed by atoms with Gasteiger partial charge in [0.2, 0.25) is 0 Å². The number of hydrogen-bond acceptors (Lipinski definition) is 0. The van der Waals surface area contributed by atoms with E-state index in [1.165, 1.54) is 5.21 Å². The molecule has 0 aromatic rings. The summed E-state index contributed by atoms with van der Waals surface area (Å²) in [5.74, 6) is 2.14. The minimum atomic E-state index is 1.13. The van der Waals surface area contributed by atoms with Gasteiger partial charge in [-0.25, -0.2) is 0 Å². The fourth-order valence-electron chi connectivity index (χ4n) is 0.464. The second-order valence-electron chi connectivity index (χ2n) is 1.37. The minimum Gasteiger partial charge on any atom is -0.120 e. The van der Waals surface area contributed by atoms with Gasteiger partial charge in [0, 0.05) is 0 Å². The van der Waals surface area contributed by atoms with Crippen molar-refractivity contribution in [3.05, 3.63) is 23.3 Å². The molecule has 1 atom stereocenters. The van der Waals surface area contributed by atoms with E-state index in [1.807, 2.05) is 0 Å². The maximum absolute atomic E-state index is 2.67. The smallest absolute Gasteiger partial charge is 0.120 e. The molecule has 6 heavy (non-hydrogen) atoms. The van der Waals surface area contributed by atoms with Crippen molar-refractivity contribution in [2.45, 2.75) is 0 Å². The van der Waals surface area contributed by atoms with E-state index in [0.29, 0.717) is 0 Å². The zero-order valence-corrected chi connectivity index (χ0v) is 4.67. The monoisotopic (exact) mass is 96.0 g/mol. The Labute approximate surface area is 40.8 Å². The van der Waals surface area contributed by atoms with E-state index in [2.05, 4.69) is 27.4 Å². The summed E-state index contributed by atoms with van der Waals surface area (Å²) >= 11 is 0. The fourth-order valence-corrected chi connectivity index (χ4v) is 0.711. The van der Waals surface area contributed by atoms with Gasteiger partial charge in [0.25, 0.3) is 0 Å². The van der Waals surface area contributed by atoms with Crippen LogP contribution in [0.5, 0.6) is 0 Å². The lowest BCUT2D eigenvalue weighted by molar-refractivity contribution is 2.12. The average molecular weight is 95.9 g/mol. The van der Waals surface area contributed by atoms with Gasteiger partial charge in [-0.05, 0) is 0 Å². The highest BCUT2D eigenvalue weighted by Gasteiger charge is 1.89. The lowest BCUT2D eigenvalue weighted by atomic mass is 9.82. The highest BCUT2D eigenvalue weighted by Crippen LogP contribution is 2.07. The number of hydrogen-bond donors (Lipinski definition) is 0. The first-order chi connectivity index (χ1) is 2.89. The Balaban J connectivity index is 2.61. The Morgan fingerprint density at radius 1 is 1.67 bits per heavy atom. The minimum absolute atomic E-state index is 1.13. The Hall–Kier alpha value is -0.0251. The molecule has 2 heteroatoms. The van der Waals surface area contributed by atoms with Crippen molar-refractivity contribution < 1.29 is 0 Å². The summed E-state index contributed by atoms with van der Waals surface area (Å²) in [6.07, 6.45) is 4.17. The molecule has 0 amide bonds. The highest BCUT2D eigenvalue weighted by molar-refractivity contribution is 7.28. The predicted molar refractivity (Wildman–Crippen MR) is 34.1 cm³/mol. The summed E-state index contributed by atoms with van der Waals surface area (Å²) in [5.41, 5.74) is 0. The Kier molecular flexibility index (Phi) is 1.12. The second kappa shape index (κ2) is 1.62. The lowest BCUT2D eigenvalue weighted by Crippen LogP contribution is -1.73. The molecule has 0 saturated heterocycles. The van der Waals surface area contributed by atoms with Gasteiger partial charge < -0.3 is 0 Å². The number of rotatable bonds is 0. The van der Waals surface area contributed by atoms with Crippen LogP contribution in [0, 0.1) is 0 Å². The van der Waals surface area contributed by atoms with Gasteiger partial charge in [0.05, 0.1) is 0 Å². The van der Waals surface area contributed by atoms with E-state index in [0.717, 1.165) is 7.28 Å². The molecule has 1 heterocycles. The topological polar surface area (TPSA) is 0 Å². The second-order valence-corrected chi connectivity index (χ2v) is 2.12. The summed E-state index contributed by atoms with van der Waals surface area (Å²) in [6.45, 7) is 0. The van der Waals surface area contributed by atoms with Crippen molar-refractivity contribution in [1.82, 2.24) is 0 Å². The molecule has 1 unspecified atom stereocenters. The van der Waals surface area contributed by atoms with E-state index in [-0.39, 0.29) is 0 Å². The summed E-state index contributed by atoms with van der Waals surface area (Å²) in [5, 5.41) is 1.38. The average Bonchev–Trinajstić information content (AvgIpc) is 1.86. The first-order valence-electron chi connectivity index (χ1n) is 2.01. The molecule has 0 spiro atoms. The zero-order chi connectivity index (χ0) is 4.41. The molecule has 0 aliphatic carbocycles. The Morgan fingerprint density at radius 2 is 2.50 bits per heavy atom. The van der Waals surface area contributed by atoms with Crippen molar-refractivity contribution in [2.24, 2.45) is 0 Å². The maximum Gasteiger partial charge on any atom is 0.182 e. The lowest BCUT2D eigenvalue weighted by Gasteiger charge is -1.76. The molecule has 0 nitrogen and oxygen atoms in total. The van der Waals surface area contributed by atoms with E-state index in [1.54, 1.807) is 0 Å². The van der Waals surface area contributed by atoms with Gasteiger partial charge in [-0.1, -0.05) is 17.4 Å². The van der Waals surface area contributed by atoms with Crippen LogP contribution in [0.4, 0.5) is 0 Å². The third-order valence-electron chi connectivity index (χ3n) is 0.800. The van der Waals surface area contributed by atoms with Crippen LogP contribution in [0.25, 0.3) is 0 Å². The van der Waals surface area contributed by atoms with Crippen LogP contribution in [0.1, 0.15) is 0 Å². The van der Waals surface area contributed by atoms with Crippen LogP contribution < -0.4 is 0 Å². The van der Waals surface area contributed by atoms with Crippen molar-refractivity contribution >= 4 is 16.5 Å². The summed E-state index contributed by atoms with van der Waals surface area (Å²) in [4.78, 5) is 0. The van der Waals surface area contributed by atoms with Crippen LogP contribution in [0.3, 0.4) is 0 Å². The van der Waals surface area contributed by atoms with E-state index >= 15 is 0 Å². The molecule has 30 valence electrons. The normalized spacial score (nSPS) is 17.2. The van der Waals surface area contributed by atoms with Crippen LogP contribution in [-0.2, 0) is 0 Å². The third-order valence-corrected chi connectivity index (χ3v) is 1.23. The van der Waals surface area contributed by atoms with Gasteiger partial charge in [0.1, 0.15) is 0 Å². The SMILES string of the molecule is PC1=CC=CB1. The largest absolute Gasteiger partial charge is 0.182 e. The highest BCUT2D eigenvalue weighted by atomic mass is 31.0. The van der Waals surface area contributed by atoms with Crippen molar-refractivity contribution in [3.8, 4) is 0 Å². The maximum atomic E-state index is 2.67. The zero-order valence-electron chi connectivity index (χ0n) is 3.52. The first kappa shape index (κ1) is 4.14. The number of allylic oxidation sites excluding steroid dienone is 2. The first-order valence-corrected chi connectivity index (χ1v) is 2.58. The molecule has 0 N–H and O–H groups in total. The summed E-state index contributed by atoms with van der Waals surface area (Å²) < 4.78 is 0. The molecule has 1 rings (SSSR count). The van der Waals surface area contributed by atoms with Gasteiger partial charge in [-0.2, -0.15) is 0 Å². The standard InChI is InChI=1S/C4H6BP/c6-4-2-1-3-5-4/h1-3,5H,6H2. The fraction of sp³-hybridized carbons (Fsp3) is 0. The molecule has 0 bridgehead atoms. The van der Waals surface area contributed by atoms with Crippen LogP contribution in [0.15, 0.2) is 23.3 Å². The summed E-state index contributed by atoms with van der Waals surface area (Å²) in [7, 11) is 3.80. The molecule has 0 fully saturated rings. The summed E-state index contributed by atoms with van der Waals surface area (Å²) in [6, 6.07) is 0. The van der Waals surface area contributed by atoms with Crippen molar-refractivity contribution in [1.29, 1.82) is 0 Å². The van der Waals surface area contributed by atoms with Gasteiger partial charge in [-0.15, -0.1) is 15.2 Å². The van der Waals surface area contributed by atoms with Crippen LogP contribution >= 0.6 is 9.24 Å². The van der Waals surface area contributed by atoms with E-state index < -0.39 is 0 Å². The van der Waals surface area contributed by atoms with Crippen LogP contribution in [-0.4, -0.2) is 7.28 Å². The molecule has 1 aliphatic rings. The molecular weight excluding hydrogens is 89.8 g/mol. The van der Waals surface area contributed by atoms with Crippen LogP contribution in [0.2, 0.25) is 0 Å². The van der Waals surface area contributed by atoms with Crippen molar-refractivity contribution in [2.75, 3.05) is 0 Å². The third kappa shape index (κ3) is 0.723. The van der Waals surface area contributed by atoms with E-state index in [9.17, 15) is 0 Å². The van der Waals surface area contributed by atoms with Crippen molar-refractivity contribution in [3.63, 3.8) is 0 Å². The Morgan fingerprint density at radius 3 is 2.67 bits per heavy atom. The molecule has 0 aromatic heterocycles. The molecule has 0 saturated carbocycles. The molecule has 0 radical (unpaired) electrons. The van der Waals surface area contributed by atoms with Gasteiger partial charge in [0.15, 0.2) is 7.28 Å².